The predicted octanol–water partition coefficient (Wildman–Crippen LogP) is 3.40. The molecule has 0 fully saturated rings. The number of aromatic hydroxyl groups is 1. The summed E-state index contributed by atoms with van der Waals surface area (Å²) in [5.41, 5.74) is 2.90. The van der Waals surface area contributed by atoms with E-state index >= 15 is 0 Å². The second-order valence-electron chi connectivity index (χ2n) is 4.47. The molecule has 2 aromatic rings. The van der Waals surface area contributed by atoms with Gasteiger partial charge in [0.15, 0.2) is 5.88 Å². The number of aliphatic imine (C=N–C) groups is 1. The van der Waals surface area contributed by atoms with E-state index < -0.39 is 0 Å². The summed E-state index contributed by atoms with van der Waals surface area (Å²) < 4.78 is 0. The molecule has 3 nitrogen and oxygen atoms in total. The highest BCUT2D eigenvalue weighted by atomic mass is 16.3. The molecule has 90 valence electrons. The topological polar surface area (TPSA) is 48.4 Å². The summed E-state index contributed by atoms with van der Waals surface area (Å²) in [6, 6.07) is 6.36. The summed E-state index contributed by atoms with van der Waals surface area (Å²) in [4.78, 5) is 7.39. The van der Waals surface area contributed by atoms with Crippen LogP contribution < -0.4 is 0 Å². The van der Waals surface area contributed by atoms with Gasteiger partial charge in [-0.3, -0.25) is 4.99 Å². The van der Waals surface area contributed by atoms with Crippen LogP contribution in [0.25, 0.3) is 10.9 Å². The fourth-order valence-electron chi connectivity index (χ4n) is 1.76. The van der Waals surface area contributed by atoms with Gasteiger partial charge in [-0.2, -0.15) is 0 Å². The third kappa shape index (κ3) is 2.33. The Labute approximate surface area is 101 Å². The highest BCUT2D eigenvalue weighted by molar-refractivity contribution is 6.02. The molecule has 2 rings (SSSR count). The zero-order chi connectivity index (χ0) is 12.4. The van der Waals surface area contributed by atoms with E-state index in [9.17, 15) is 5.11 Å². The maximum absolute atomic E-state index is 9.86. The Bertz CT molecular complexity index is 555. The summed E-state index contributed by atoms with van der Waals surface area (Å²) in [5.74, 6) is 0.192. The number of aromatic nitrogens is 1. The van der Waals surface area contributed by atoms with Crippen molar-refractivity contribution in [2.24, 2.45) is 4.99 Å². The Hall–Kier alpha value is -1.77. The lowest BCUT2D eigenvalue weighted by molar-refractivity contribution is 0.457. The highest BCUT2D eigenvalue weighted by Gasteiger charge is 2.08. The Morgan fingerprint density at radius 2 is 2.24 bits per heavy atom. The summed E-state index contributed by atoms with van der Waals surface area (Å²) in [7, 11) is 0. The molecule has 0 radical (unpaired) electrons. The van der Waals surface area contributed by atoms with Gasteiger partial charge in [0.1, 0.15) is 0 Å². The molecule has 0 bridgehead atoms. The van der Waals surface area contributed by atoms with Crippen molar-refractivity contribution in [3.63, 3.8) is 0 Å². The first-order valence-electron chi connectivity index (χ1n) is 5.96. The van der Waals surface area contributed by atoms with E-state index in [4.69, 9.17) is 0 Å². The summed E-state index contributed by atoms with van der Waals surface area (Å²) >= 11 is 0. The quantitative estimate of drug-likeness (QED) is 0.780. The number of aryl methyl sites for hydroxylation is 1. The largest absolute Gasteiger partial charge is 0.494 e. The van der Waals surface area contributed by atoms with Crippen molar-refractivity contribution >= 4 is 17.1 Å². The van der Waals surface area contributed by atoms with Crippen molar-refractivity contribution in [3.05, 3.63) is 29.3 Å². The Balaban J connectivity index is 2.46. The van der Waals surface area contributed by atoms with Gasteiger partial charge in [-0.25, -0.2) is 0 Å². The van der Waals surface area contributed by atoms with Crippen LogP contribution in [0, 0.1) is 6.92 Å². The zero-order valence-electron chi connectivity index (χ0n) is 10.5. The number of benzene rings is 1. The first-order chi connectivity index (χ1) is 8.11. The normalized spacial score (nSPS) is 13.6. The minimum atomic E-state index is 0.192. The number of fused-ring (bicyclic) bond motifs is 1. The fraction of sp³-hybridized carbons (Fsp3) is 0.357. The van der Waals surface area contributed by atoms with Crippen LogP contribution in [0.4, 0.5) is 0 Å². The van der Waals surface area contributed by atoms with Crippen LogP contribution in [-0.2, 0) is 0 Å². The smallest absolute Gasteiger partial charge is 0.198 e. The lowest BCUT2D eigenvalue weighted by Crippen LogP contribution is -1.95. The second-order valence-corrected chi connectivity index (χ2v) is 4.47. The third-order valence-corrected chi connectivity index (χ3v) is 3.02. The Morgan fingerprint density at radius 1 is 1.47 bits per heavy atom. The molecular weight excluding hydrogens is 212 g/mol. The monoisotopic (exact) mass is 230 g/mol. The average molecular weight is 230 g/mol. The van der Waals surface area contributed by atoms with E-state index in [2.05, 4.69) is 23.8 Å². The van der Waals surface area contributed by atoms with Gasteiger partial charge in [0, 0.05) is 23.2 Å². The molecule has 2 N–H and O–H groups in total. The van der Waals surface area contributed by atoms with Gasteiger partial charge in [0.05, 0.1) is 5.56 Å². The maximum atomic E-state index is 9.86. The van der Waals surface area contributed by atoms with Crippen molar-refractivity contribution in [2.75, 3.05) is 0 Å². The molecule has 1 aromatic heterocycles. The molecule has 1 unspecified atom stereocenters. The second kappa shape index (κ2) is 4.62. The van der Waals surface area contributed by atoms with Crippen LogP contribution in [0.3, 0.4) is 0 Å². The Kier molecular flexibility index (Phi) is 3.18. The first kappa shape index (κ1) is 11.7. The van der Waals surface area contributed by atoms with Gasteiger partial charge in [0.2, 0.25) is 0 Å². The van der Waals surface area contributed by atoms with E-state index in [1.807, 2.05) is 25.1 Å². The number of aromatic amines is 1. The number of nitrogens with zero attached hydrogens (tertiary/aromatic N) is 1. The van der Waals surface area contributed by atoms with Gasteiger partial charge >= 0.3 is 0 Å². The minimum Gasteiger partial charge on any atom is -0.494 e. The molecule has 0 spiro atoms. The predicted molar refractivity (Wildman–Crippen MR) is 72.0 cm³/mol. The summed E-state index contributed by atoms with van der Waals surface area (Å²) in [6.07, 6.45) is 2.76. The molecule has 0 aliphatic heterocycles. The van der Waals surface area contributed by atoms with Crippen LogP contribution in [-0.4, -0.2) is 22.3 Å². The van der Waals surface area contributed by atoms with Gasteiger partial charge in [0.25, 0.3) is 0 Å². The van der Waals surface area contributed by atoms with Crippen LogP contribution >= 0.6 is 0 Å². The molecule has 0 aliphatic rings. The number of hydrogen-bond acceptors (Lipinski definition) is 2. The van der Waals surface area contributed by atoms with E-state index in [0.717, 1.165) is 22.9 Å². The van der Waals surface area contributed by atoms with E-state index in [1.54, 1.807) is 6.21 Å². The molecule has 0 aliphatic carbocycles. The van der Waals surface area contributed by atoms with E-state index in [1.165, 1.54) is 5.56 Å². The maximum Gasteiger partial charge on any atom is 0.198 e. The zero-order valence-corrected chi connectivity index (χ0v) is 10.5. The molecule has 0 amide bonds. The number of hydrogen-bond donors (Lipinski definition) is 2. The van der Waals surface area contributed by atoms with Crippen molar-refractivity contribution < 1.29 is 5.11 Å². The van der Waals surface area contributed by atoms with Crippen molar-refractivity contribution in [2.45, 2.75) is 33.2 Å². The number of rotatable bonds is 3. The lowest BCUT2D eigenvalue weighted by Gasteiger charge is -1.99. The van der Waals surface area contributed by atoms with Crippen LogP contribution in [0.5, 0.6) is 5.88 Å². The Morgan fingerprint density at radius 3 is 2.94 bits per heavy atom. The van der Waals surface area contributed by atoms with Crippen molar-refractivity contribution in [3.8, 4) is 5.88 Å². The standard InChI is InChI=1S/C14H18N2O/c1-4-10(3)15-8-12-11-6-5-9(2)7-13(11)16-14(12)17/h5-8,10,16-17H,4H2,1-3H3. The summed E-state index contributed by atoms with van der Waals surface area (Å²) in [5, 5.41) is 10.9. The van der Waals surface area contributed by atoms with Crippen molar-refractivity contribution in [1.29, 1.82) is 0 Å². The first-order valence-corrected chi connectivity index (χ1v) is 5.96. The fourth-order valence-corrected chi connectivity index (χ4v) is 1.76. The molecule has 0 saturated heterocycles. The van der Waals surface area contributed by atoms with E-state index in [-0.39, 0.29) is 11.9 Å². The molecule has 0 saturated carbocycles. The van der Waals surface area contributed by atoms with Crippen LogP contribution in [0.2, 0.25) is 0 Å². The minimum absolute atomic E-state index is 0.192. The molecule has 17 heavy (non-hydrogen) atoms. The molecule has 3 heteroatoms. The molecule has 1 aromatic carbocycles. The molecule has 1 atom stereocenters. The van der Waals surface area contributed by atoms with Gasteiger partial charge in [-0.15, -0.1) is 0 Å². The molecular formula is C14H18N2O. The van der Waals surface area contributed by atoms with Gasteiger partial charge < -0.3 is 10.1 Å². The lowest BCUT2D eigenvalue weighted by atomic mass is 10.1. The summed E-state index contributed by atoms with van der Waals surface area (Å²) in [6.45, 7) is 6.19. The van der Waals surface area contributed by atoms with Gasteiger partial charge in [-0.1, -0.05) is 19.1 Å². The van der Waals surface area contributed by atoms with E-state index in [0.29, 0.717) is 0 Å². The van der Waals surface area contributed by atoms with Crippen LogP contribution in [0.15, 0.2) is 23.2 Å². The molecule has 1 heterocycles. The number of nitrogens with one attached hydrogen (secondary N) is 1. The van der Waals surface area contributed by atoms with Crippen molar-refractivity contribution in [1.82, 2.24) is 4.98 Å². The van der Waals surface area contributed by atoms with Gasteiger partial charge in [-0.05, 0) is 31.9 Å². The third-order valence-electron chi connectivity index (χ3n) is 3.02. The average Bonchev–Trinajstić information content (AvgIpc) is 2.61. The number of H-pyrrole nitrogens is 1. The van der Waals surface area contributed by atoms with Crippen LogP contribution in [0.1, 0.15) is 31.4 Å². The SMILES string of the molecule is CCC(C)N=Cc1c(O)[nH]c2cc(C)ccc12. The highest BCUT2D eigenvalue weighted by Crippen LogP contribution is 2.26.